The van der Waals surface area contributed by atoms with Gasteiger partial charge in [-0.3, -0.25) is 4.79 Å². The Morgan fingerprint density at radius 3 is 2.46 bits per heavy atom. The molecular weight excluding hydrogens is 328 g/mol. The predicted octanol–water partition coefficient (Wildman–Crippen LogP) is 3.60. The van der Waals surface area contributed by atoms with Crippen molar-refractivity contribution >= 4 is 17.4 Å². The van der Waals surface area contributed by atoms with Crippen LogP contribution in [0.5, 0.6) is 5.75 Å². The van der Waals surface area contributed by atoms with Gasteiger partial charge in [-0.05, 0) is 44.2 Å². The van der Waals surface area contributed by atoms with Crippen molar-refractivity contribution in [3.8, 4) is 11.4 Å². The summed E-state index contributed by atoms with van der Waals surface area (Å²) in [5, 5.41) is 10.5. The highest BCUT2D eigenvalue weighted by Crippen LogP contribution is 2.27. The summed E-state index contributed by atoms with van der Waals surface area (Å²) in [5.41, 5.74) is 4.19. The summed E-state index contributed by atoms with van der Waals surface area (Å²) in [5.74, 6) is 1.21. The molecule has 0 atom stereocenters. The Morgan fingerprint density at radius 1 is 1.08 bits per heavy atom. The minimum Gasteiger partial charge on any atom is -0.497 e. The Labute approximate surface area is 152 Å². The third-order valence-corrected chi connectivity index (χ3v) is 4.07. The fourth-order valence-electron chi connectivity index (χ4n) is 2.69. The van der Waals surface area contributed by atoms with Crippen molar-refractivity contribution in [2.75, 3.05) is 19.5 Å². The van der Waals surface area contributed by atoms with Crippen molar-refractivity contribution in [1.82, 2.24) is 15.1 Å². The Kier molecular flexibility index (Phi) is 4.93. The van der Waals surface area contributed by atoms with Crippen LogP contribution in [-0.2, 0) is 0 Å². The van der Waals surface area contributed by atoms with Gasteiger partial charge in [0.2, 0.25) is 0 Å². The molecule has 26 heavy (non-hydrogen) atoms. The molecule has 3 aromatic rings. The van der Waals surface area contributed by atoms with Gasteiger partial charge in [-0.2, -0.15) is 5.10 Å². The summed E-state index contributed by atoms with van der Waals surface area (Å²) in [6.07, 6.45) is 0. The van der Waals surface area contributed by atoms with E-state index in [4.69, 9.17) is 4.74 Å². The second-order valence-electron chi connectivity index (χ2n) is 6.03. The summed E-state index contributed by atoms with van der Waals surface area (Å²) >= 11 is 0. The first kappa shape index (κ1) is 17.5. The first-order chi connectivity index (χ1) is 12.5. The van der Waals surface area contributed by atoms with E-state index in [0.717, 1.165) is 17.2 Å². The van der Waals surface area contributed by atoms with E-state index in [-0.39, 0.29) is 5.91 Å². The molecule has 1 heterocycles. The average molecular weight is 350 g/mol. The monoisotopic (exact) mass is 350 g/mol. The molecule has 0 radical (unpaired) electrons. The first-order valence-corrected chi connectivity index (χ1v) is 8.32. The van der Waals surface area contributed by atoms with E-state index in [9.17, 15) is 4.79 Å². The normalized spacial score (nSPS) is 10.5. The van der Waals surface area contributed by atoms with Gasteiger partial charge in [0.15, 0.2) is 0 Å². The molecule has 1 amide bonds. The molecule has 0 aliphatic rings. The van der Waals surface area contributed by atoms with Crippen LogP contribution >= 0.6 is 0 Å². The second-order valence-corrected chi connectivity index (χ2v) is 6.03. The van der Waals surface area contributed by atoms with Gasteiger partial charge in [-0.1, -0.05) is 17.7 Å². The van der Waals surface area contributed by atoms with Crippen molar-refractivity contribution in [1.29, 1.82) is 0 Å². The summed E-state index contributed by atoms with van der Waals surface area (Å²) in [6.45, 7) is 3.98. The SMILES string of the molecule is CNC(=O)c1cc(OC)ccc1Nc1cc(C)nn1-c1ccc(C)cc1. The number of carbonyl (C=O) groups excluding carboxylic acids is 1. The number of amides is 1. The van der Waals surface area contributed by atoms with Gasteiger partial charge in [0.1, 0.15) is 11.6 Å². The Morgan fingerprint density at radius 2 is 1.81 bits per heavy atom. The Hall–Kier alpha value is -3.28. The van der Waals surface area contributed by atoms with Crippen LogP contribution in [0.15, 0.2) is 48.5 Å². The summed E-state index contributed by atoms with van der Waals surface area (Å²) in [4.78, 5) is 12.3. The quantitative estimate of drug-likeness (QED) is 0.738. The van der Waals surface area contributed by atoms with E-state index < -0.39 is 0 Å². The lowest BCUT2D eigenvalue weighted by molar-refractivity contribution is 0.0963. The van der Waals surface area contributed by atoms with E-state index >= 15 is 0 Å². The topological polar surface area (TPSA) is 68.2 Å². The number of methoxy groups -OCH3 is 1. The molecule has 2 N–H and O–H groups in total. The fraction of sp³-hybridized carbons (Fsp3) is 0.200. The minimum atomic E-state index is -0.190. The number of benzene rings is 2. The average Bonchev–Trinajstić information content (AvgIpc) is 3.02. The van der Waals surface area contributed by atoms with Gasteiger partial charge in [-0.25, -0.2) is 4.68 Å². The van der Waals surface area contributed by atoms with E-state index in [2.05, 4.69) is 15.7 Å². The number of ether oxygens (including phenoxy) is 1. The van der Waals surface area contributed by atoms with Crippen LogP contribution in [0.1, 0.15) is 21.6 Å². The predicted molar refractivity (Wildman–Crippen MR) is 103 cm³/mol. The number of rotatable bonds is 5. The van der Waals surface area contributed by atoms with Crippen LogP contribution in [0, 0.1) is 13.8 Å². The molecule has 0 saturated carbocycles. The molecule has 1 aromatic heterocycles. The lowest BCUT2D eigenvalue weighted by Gasteiger charge is -2.14. The number of hydrogen-bond acceptors (Lipinski definition) is 4. The number of nitrogens with zero attached hydrogens (tertiary/aromatic N) is 2. The highest BCUT2D eigenvalue weighted by molar-refractivity contribution is 6.00. The maximum Gasteiger partial charge on any atom is 0.253 e. The zero-order valence-corrected chi connectivity index (χ0v) is 15.3. The standard InChI is InChI=1S/C20H22N4O2/c1-13-5-7-15(8-6-13)24-19(11-14(2)23-24)22-18-10-9-16(26-4)12-17(18)20(25)21-3/h5-12,22H,1-4H3,(H,21,25). The highest BCUT2D eigenvalue weighted by Gasteiger charge is 2.15. The Balaban J connectivity index is 2.02. The molecule has 0 saturated heterocycles. The van der Waals surface area contributed by atoms with E-state index in [1.807, 2.05) is 61.0 Å². The third-order valence-electron chi connectivity index (χ3n) is 4.07. The molecule has 134 valence electrons. The number of nitrogens with one attached hydrogen (secondary N) is 2. The van der Waals surface area contributed by atoms with Crippen molar-refractivity contribution < 1.29 is 9.53 Å². The van der Waals surface area contributed by atoms with Gasteiger partial charge >= 0.3 is 0 Å². The van der Waals surface area contributed by atoms with E-state index in [1.54, 1.807) is 20.2 Å². The number of hydrogen-bond donors (Lipinski definition) is 2. The number of anilines is 2. The van der Waals surface area contributed by atoms with Crippen molar-refractivity contribution in [2.45, 2.75) is 13.8 Å². The highest BCUT2D eigenvalue weighted by atomic mass is 16.5. The molecule has 0 aliphatic carbocycles. The van der Waals surface area contributed by atoms with Crippen LogP contribution in [0.4, 0.5) is 11.5 Å². The maximum atomic E-state index is 12.3. The molecule has 0 spiro atoms. The largest absolute Gasteiger partial charge is 0.497 e. The van der Waals surface area contributed by atoms with Crippen molar-refractivity contribution in [3.05, 3.63) is 65.4 Å². The lowest BCUT2D eigenvalue weighted by atomic mass is 10.1. The van der Waals surface area contributed by atoms with Gasteiger partial charge in [-0.15, -0.1) is 0 Å². The first-order valence-electron chi connectivity index (χ1n) is 8.32. The molecule has 0 fully saturated rings. The smallest absolute Gasteiger partial charge is 0.253 e. The summed E-state index contributed by atoms with van der Waals surface area (Å²) in [6, 6.07) is 15.4. The lowest BCUT2D eigenvalue weighted by Crippen LogP contribution is -2.19. The zero-order chi connectivity index (χ0) is 18.7. The van der Waals surface area contributed by atoms with Crippen LogP contribution in [0.3, 0.4) is 0 Å². The summed E-state index contributed by atoms with van der Waals surface area (Å²) < 4.78 is 7.06. The third kappa shape index (κ3) is 3.54. The van der Waals surface area contributed by atoms with Crippen LogP contribution in [0.2, 0.25) is 0 Å². The van der Waals surface area contributed by atoms with Crippen LogP contribution in [-0.4, -0.2) is 29.8 Å². The van der Waals surface area contributed by atoms with Crippen LogP contribution in [0.25, 0.3) is 5.69 Å². The molecule has 2 aromatic carbocycles. The van der Waals surface area contributed by atoms with Gasteiger partial charge in [0, 0.05) is 13.1 Å². The maximum absolute atomic E-state index is 12.3. The molecule has 0 unspecified atom stereocenters. The van der Waals surface area contributed by atoms with Gasteiger partial charge in [0.05, 0.1) is 29.7 Å². The molecule has 0 aliphatic heterocycles. The zero-order valence-electron chi connectivity index (χ0n) is 15.3. The number of aryl methyl sites for hydroxylation is 2. The molecule has 6 heteroatoms. The van der Waals surface area contributed by atoms with E-state index in [0.29, 0.717) is 17.0 Å². The molecular formula is C20H22N4O2. The Bertz CT molecular complexity index is 929. The van der Waals surface area contributed by atoms with E-state index in [1.165, 1.54) is 5.56 Å². The van der Waals surface area contributed by atoms with Gasteiger partial charge < -0.3 is 15.4 Å². The molecule has 6 nitrogen and oxygen atoms in total. The fourth-order valence-corrected chi connectivity index (χ4v) is 2.69. The number of carbonyl (C=O) groups is 1. The number of aromatic nitrogens is 2. The second kappa shape index (κ2) is 7.31. The van der Waals surface area contributed by atoms with Gasteiger partial charge in [0.25, 0.3) is 5.91 Å². The van der Waals surface area contributed by atoms with Crippen molar-refractivity contribution in [2.24, 2.45) is 0 Å². The molecule has 0 bridgehead atoms. The minimum absolute atomic E-state index is 0.190. The van der Waals surface area contributed by atoms with Crippen molar-refractivity contribution in [3.63, 3.8) is 0 Å². The summed E-state index contributed by atoms with van der Waals surface area (Å²) in [7, 11) is 3.18. The van der Waals surface area contributed by atoms with Crippen LogP contribution < -0.4 is 15.4 Å². The molecule has 3 rings (SSSR count).